The highest BCUT2D eigenvalue weighted by atomic mass is 19.1. The van der Waals surface area contributed by atoms with Gasteiger partial charge in [0, 0.05) is 0 Å². The van der Waals surface area contributed by atoms with Gasteiger partial charge in [0.15, 0.2) is 11.6 Å². The molecule has 0 heterocycles. The number of hydrogen-bond acceptors (Lipinski definition) is 3. The Morgan fingerprint density at radius 2 is 2.12 bits per heavy atom. The second kappa shape index (κ2) is 5.82. The van der Waals surface area contributed by atoms with E-state index >= 15 is 0 Å². The fraction of sp³-hybridized carbons (Fsp3) is 0.500. The average Bonchev–Trinajstić information content (AvgIpc) is 2.28. The molecule has 0 amide bonds. The highest BCUT2D eigenvalue weighted by Gasteiger charge is 2.23. The van der Waals surface area contributed by atoms with Crippen LogP contribution in [0.15, 0.2) is 24.3 Å². The second-order valence-corrected chi connectivity index (χ2v) is 3.97. The third-order valence-corrected chi connectivity index (χ3v) is 2.34. The summed E-state index contributed by atoms with van der Waals surface area (Å²) in [5.74, 6) is -0.181. The molecule has 1 atom stereocenters. The zero-order valence-corrected chi connectivity index (χ0v) is 9.66. The lowest BCUT2D eigenvalue weighted by atomic mass is 10.1. The zero-order valence-electron chi connectivity index (χ0n) is 9.66. The van der Waals surface area contributed by atoms with E-state index in [4.69, 9.17) is 4.74 Å². The van der Waals surface area contributed by atoms with Crippen molar-refractivity contribution in [2.24, 2.45) is 0 Å². The highest BCUT2D eigenvalue weighted by molar-refractivity contribution is 5.23. The fourth-order valence-electron chi connectivity index (χ4n) is 1.38. The van der Waals surface area contributed by atoms with Crippen LogP contribution in [0.4, 0.5) is 4.39 Å². The lowest BCUT2D eigenvalue weighted by molar-refractivity contribution is 0.115. The molecule has 1 unspecified atom stereocenters. The molecule has 0 aromatic heterocycles. The average molecular weight is 227 g/mol. The first-order chi connectivity index (χ1) is 7.61. The molecule has 0 aliphatic heterocycles. The summed E-state index contributed by atoms with van der Waals surface area (Å²) >= 11 is 0. The number of hydrogen-bond donors (Lipinski definition) is 2. The van der Waals surface area contributed by atoms with E-state index in [2.05, 4.69) is 5.32 Å². The van der Waals surface area contributed by atoms with Gasteiger partial charge in [-0.3, -0.25) is 0 Å². The van der Waals surface area contributed by atoms with Crippen LogP contribution in [-0.2, 0) is 0 Å². The Morgan fingerprint density at radius 3 is 2.69 bits per heavy atom. The van der Waals surface area contributed by atoms with Gasteiger partial charge < -0.3 is 15.2 Å². The molecule has 90 valence electrons. The molecule has 2 N–H and O–H groups in total. The van der Waals surface area contributed by atoms with Crippen molar-refractivity contribution in [2.45, 2.75) is 19.4 Å². The van der Waals surface area contributed by atoms with Crippen LogP contribution in [0.2, 0.25) is 0 Å². The van der Waals surface area contributed by atoms with E-state index < -0.39 is 5.54 Å². The van der Waals surface area contributed by atoms with Crippen molar-refractivity contribution in [1.29, 1.82) is 0 Å². The maximum atomic E-state index is 13.2. The van der Waals surface area contributed by atoms with Gasteiger partial charge in [-0.2, -0.15) is 0 Å². The second-order valence-electron chi connectivity index (χ2n) is 3.97. The molecule has 16 heavy (non-hydrogen) atoms. The van der Waals surface area contributed by atoms with E-state index in [0.717, 1.165) is 6.54 Å². The van der Waals surface area contributed by atoms with Crippen molar-refractivity contribution in [1.82, 2.24) is 5.32 Å². The number of rotatable bonds is 6. The highest BCUT2D eigenvalue weighted by Crippen LogP contribution is 2.17. The molecule has 0 aliphatic rings. The number of aliphatic hydroxyl groups excluding tert-OH is 1. The molecule has 0 aliphatic carbocycles. The molecule has 3 nitrogen and oxygen atoms in total. The van der Waals surface area contributed by atoms with Crippen LogP contribution in [0.1, 0.15) is 13.8 Å². The van der Waals surface area contributed by atoms with Crippen molar-refractivity contribution in [3.8, 4) is 5.75 Å². The van der Waals surface area contributed by atoms with Crippen molar-refractivity contribution < 1.29 is 14.2 Å². The van der Waals surface area contributed by atoms with Crippen molar-refractivity contribution in [3.63, 3.8) is 0 Å². The van der Waals surface area contributed by atoms with E-state index in [1.165, 1.54) is 6.07 Å². The molecule has 0 saturated carbocycles. The maximum absolute atomic E-state index is 13.2. The molecule has 1 aromatic rings. The first-order valence-electron chi connectivity index (χ1n) is 5.34. The van der Waals surface area contributed by atoms with E-state index in [9.17, 15) is 9.50 Å². The Bertz CT molecular complexity index is 333. The lowest BCUT2D eigenvalue weighted by Crippen LogP contribution is -2.50. The van der Waals surface area contributed by atoms with Crippen LogP contribution >= 0.6 is 0 Å². The Kier molecular flexibility index (Phi) is 4.71. The van der Waals surface area contributed by atoms with Crippen LogP contribution < -0.4 is 10.1 Å². The number of nitrogens with one attached hydrogen (secondary N) is 1. The van der Waals surface area contributed by atoms with Crippen LogP contribution in [0.5, 0.6) is 5.75 Å². The molecule has 0 spiro atoms. The Hall–Kier alpha value is -1.13. The van der Waals surface area contributed by atoms with E-state index in [0.29, 0.717) is 0 Å². The zero-order chi connectivity index (χ0) is 12.0. The number of aliphatic hydroxyl groups is 1. The van der Waals surface area contributed by atoms with Crippen molar-refractivity contribution >= 4 is 0 Å². The van der Waals surface area contributed by atoms with Crippen LogP contribution in [0.3, 0.4) is 0 Å². The summed E-state index contributed by atoms with van der Waals surface area (Å²) in [5, 5.41) is 12.3. The Morgan fingerprint density at radius 1 is 1.44 bits per heavy atom. The van der Waals surface area contributed by atoms with Crippen LogP contribution in [0.25, 0.3) is 0 Å². The Balaban J connectivity index is 2.59. The summed E-state index contributed by atoms with van der Waals surface area (Å²) in [4.78, 5) is 0. The van der Waals surface area contributed by atoms with Gasteiger partial charge in [-0.15, -0.1) is 0 Å². The van der Waals surface area contributed by atoms with E-state index in [1.807, 2.05) is 13.8 Å². The minimum atomic E-state index is -0.545. The van der Waals surface area contributed by atoms with Gasteiger partial charge in [-0.05, 0) is 25.6 Å². The molecule has 0 fully saturated rings. The molecule has 4 heteroatoms. The summed E-state index contributed by atoms with van der Waals surface area (Å²) in [6, 6.07) is 6.23. The summed E-state index contributed by atoms with van der Waals surface area (Å²) in [6.07, 6.45) is 0. The van der Waals surface area contributed by atoms with Gasteiger partial charge in [0.05, 0.1) is 12.1 Å². The quantitative estimate of drug-likeness (QED) is 0.775. The predicted octanol–water partition coefficient (Wildman–Crippen LogP) is 1.56. The maximum Gasteiger partial charge on any atom is 0.165 e. The first-order valence-corrected chi connectivity index (χ1v) is 5.34. The van der Waals surface area contributed by atoms with Crippen LogP contribution in [-0.4, -0.2) is 30.4 Å². The number of benzene rings is 1. The molecule has 1 rings (SSSR count). The third kappa shape index (κ3) is 3.47. The smallest absolute Gasteiger partial charge is 0.165 e. The summed E-state index contributed by atoms with van der Waals surface area (Å²) in [6.45, 7) is 4.65. The minimum Gasteiger partial charge on any atom is -0.489 e. The fourth-order valence-corrected chi connectivity index (χ4v) is 1.38. The number of para-hydroxylation sites is 1. The van der Waals surface area contributed by atoms with Gasteiger partial charge in [0.25, 0.3) is 0 Å². The van der Waals surface area contributed by atoms with E-state index in [-0.39, 0.29) is 24.8 Å². The summed E-state index contributed by atoms with van der Waals surface area (Å²) < 4.78 is 18.6. The SMILES string of the molecule is CCNC(C)(CO)COc1ccccc1F. The number of ether oxygens (including phenoxy) is 1. The predicted molar refractivity (Wildman–Crippen MR) is 61.1 cm³/mol. The normalized spacial score (nSPS) is 14.5. The lowest BCUT2D eigenvalue weighted by Gasteiger charge is -2.28. The summed E-state index contributed by atoms with van der Waals surface area (Å²) in [7, 11) is 0. The monoisotopic (exact) mass is 227 g/mol. The molecule has 0 radical (unpaired) electrons. The third-order valence-electron chi connectivity index (χ3n) is 2.34. The van der Waals surface area contributed by atoms with E-state index in [1.54, 1.807) is 18.2 Å². The standard InChI is InChI=1S/C12H18FNO2/c1-3-14-12(2,8-15)9-16-11-7-5-4-6-10(11)13/h4-7,14-15H,3,8-9H2,1-2H3. The van der Waals surface area contributed by atoms with Crippen molar-refractivity contribution in [3.05, 3.63) is 30.1 Å². The molecular weight excluding hydrogens is 209 g/mol. The largest absolute Gasteiger partial charge is 0.489 e. The van der Waals surface area contributed by atoms with Crippen LogP contribution in [0, 0.1) is 5.82 Å². The minimum absolute atomic E-state index is 0.0602. The molecule has 1 aromatic carbocycles. The molecular formula is C12H18FNO2. The van der Waals surface area contributed by atoms with Gasteiger partial charge in [-0.1, -0.05) is 19.1 Å². The molecule has 0 saturated heterocycles. The van der Waals surface area contributed by atoms with Gasteiger partial charge in [0.2, 0.25) is 0 Å². The van der Waals surface area contributed by atoms with Gasteiger partial charge >= 0.3 is 0 Å². The first kappa shape index (κ1) is 12.9. The van der Waals surface area contributed by atoms with Gasteiger partial charge in [-0.25, -0.2) is 4.39 Å². The molecule has 0 bridgehead atoms. The number of halogens is 1. The Labute approximate surface area is 95.2 Å². The summed E-state index contributed by atoms with van der Waals surface area (Å²) in [5.41, 5.74) is -0.545. The van der Waals surface area contributed by atoms with Crippen molar-refractivity contribution in [2.75, 3.05) is 19.8 Å². The topological polar surface area (TPSA) is 41.5 Å². The van der Waals surface area contributed by atoms with Gasteiger partial charge in [0.1, 0.15) is 6.61 Å². The number of likely N-dealkylation sites (N-methyl/N-ethyl adjacent to an activating group) is 1.